The third-order valence-corrected chi connectivity index (χ3v) is 7.12. The number of nitrogens with zero attached hydrogens (tertiary/aromatic N) is 4. The number of carbonyl (C=O) groups is 4. The third-order valence-electron chi connectivity index (χ3n) is 7.12. The zero-order chi connectivity index (χ0) is 23.9. The molecular formula is C25H27N5O4. The van der Waals surface area contributed by atoms with Crippen molar-refractivity contribution in [3.63, 3.8) is 0 Å². The lowest BCUT2D eigenvalue weighted by molar-refractivity contribution is -0.124. The van der Waals surface area contributed by atoms with E-state index in [1.807, 2.05) is 13.0 Å². The first-order valence-electron chi connectivity index (χ1n) is 11.6. The van der Waals surface area contributed by atoms with Gasteiger partial charge in [0, 0.05) is 43.5 Å². The molecule has 1 aromatic heterocycles. The fourth-order valence-electron chi connectivity index (χ4n) is 5.26. The Bertz CT molecular complexity index is 1150. The monoisotopic (exact) mass is 461 g/mol. The van der Waals surface area contributed by atoms with Gasteiger partial charge >= 0.3 is 0 Å². The molecule has 2 saturated heterocycles. The minimum Gasteiger partial charge on any atom is -0.352 e. The molecule has 0 radical (unpaired) electrons. The second-order valence-corrected chi connectivity index (χ2v) is 9.22. The first-order valence-corrected chi connectivity index (χ1v) is 11.6. The van der Waals surface area contributed by atoms with Crippen molar-refractivity contribution in [2.24, 2.45) is 0 Å². The van der Waals surface area contributed by atoms with Gasteiger partial charge in [0.15, 0.2) is 0 Å². The van der Waals surface area contributed by atoms with Crippen LogP contribution < -0.4 is 10.2 Å². The molecule has 1 atom stereocenters. The van der Waals surface area contributed by atoms with Crippen LogP contribution in [0, 0.1) is 0 Å². The Kier molecular flexibility index (Phi) is 5.55. The van der Waals surface area contributed by atoms with Crippen molar-refractivity contribution in [3.05, 3.63) is 59.9 Å². The molecule has 34 heavy (non-hydrogen) atoms. The Hall–Kier alpha value is -3.75. The van der Waals surface area contributed by atoms with Crippen molar-refractivity contribution in [1.82, 2.24) is 20.1 Å². The van der Waals surface area contributed by atoms with Crippen LogP contribution in [0.1, 0.15) is 53.3 Å². The van der Waals surface area contributed by atoms with E-state index >= 15 is 0 Å². The van der Waals surface area contributed by atoms with Gasteiger partial charge in [0.25, 0.3) is 11.8 Å². The number of benzene rings is 1. The number of anilines is 1. The number of carbonyl (C=O) groups excluding carboxylic acids is 4. The molecule has 1 unspecified atom stereocenters. The quantitative estimate of drug-likeness (QED) is 0.748. The van der Waals surface area contributed by atoms with Crippen molar-refractivity contribution in [2.45, 2.75) is 44.3 Å². The highest BCUT2D eigenvalue weighted by Crippen LogP contribution is 2.43. The van der Waals surface area contributed by atoms with Crippen LogP contribution in [0.5, 0.6) is 0 Å². The van der Waals surface area contributed by atoms with Crippen LogP contribution in [0.25, 0.3) is 0 Å². The van der Waals surface area contributed by atoms with Gasteiger partial charge in [0.1, 0.15) is 12.2 Å². The maximum absolute atomic E-state index is 13.3. The van der Waals surface area contributed by atoms with Crippen molar-refractivity contribution in [2.75, 3.05) is 24.5 Å². The number of hydrogen-bond acceptors (Lipinski definition) is 5. The Labute approximate surface area is 197 Å². The molecule has 1 N–H and O–H groups in total. The number of piperidine rings is 1. The van der Waals surface area contributed by atoms with Crippen LogP contribution in [0.3, 0.4) is 0 Å². The number of fused-ring (bicyclic) bond motifs is 3. The van der Waals surface area contributed by atoms with Crippen LogP contribution in [0.4, 0.5) is 5.69 Å². The van der Waals surface area contributed by atoms with Gasteiger partial charge in [-0.1, -0.05) is 12.1 Å². The molecule has 176 valence electrons. The Morgan fingerprint density at radius 1 is 1.09 bits per heavy atom. The lowest BCUT2D eigenvalue weighted by Crippen LogP contribution is -2.64. The van der Waals surface area contributed by atoms with Crippen LogP contribution in [0.15, 0.2) is 48.8 Å². The highest BCUT2D eigenvalue weighted by atomic mass is 16.2. The van der Waals surface area contributed by atoms with Gasteiger partial charge in [-0.2, -0.15) is 0 Å². The first-order chi connectivity index (χ1) is 16.4. The number of amides is 4. The summed E-state index contributed by atoms with van der Waals surface area (Å²) in [5, 5.41) is 3.03. The standard InChI is InChI=1S/C25H27N5O4/c1-25-11-6-22(32)30(25)20-5-3-2-4-19(20)24(34)29(25)16-21(31)27-18-9-14-28(15-10-18)23(33)17-7-12-26-13-8-17/h2-5,7-8,12-13,18H,6,9-11,14-16H2,1H3,(H,27,31). The Morgan fingerprint density at radius 2 is 1.79 bits per heavy atom. The number of nitrogens with one attached hydrogen (secondary N) is 1. The molecule has 4 heterocycles. The van der Waals surface area contributed by atoms with E-state index in [0.717, 1.165) is 0 Å². The van der Waals surface area contributed by atoms with Gasteiger partial charge in [-0.05, 0) is 50.5 Å². The number of para-hydroxylation sites is 1. The zero-order valence-corrected chi connectivity index (χ0v) is 19.1. The second kappa shape index (κ2) is 8.55. The average molecular weight is 462 g/mol. The summed E-state index contributed by atoms with van der Waals surface area (Å²) in [5.41, 5.74) is 0.789. The number of hydrogen-bond donors (Lipinski definition) is 1. The summed E-state index contributed by atoms with van der Waals surface area (Å²) in [6.07, 6.45) is 5.29. The van der Waals surface area contributed by atoms with E-state index in [-0.39, 0.29) is 36.2 Å². The van der Waals surface area contributed by atoms with Crippen LogP contribution >= 0.6 is 0 Å². The summed E-state index contributed by atoms with van der Waals surface area (Å²) in [6, 6.07) is 10.4. The van der Waals surface area contributed by atoms with Gasteiger partial charge in [0.2, 0.25) is 11.8 Å². The Balaban J connectivity index is 1.23. The highest BCUT2D eigenvalue weighted by molar-refractivity contribution is 6.11. The third kappa shape index (κ3) is 3.70. The minimum atomic E-state index is -0.861. The molecule has 2 aromatic rings. The number of likely N-dealkylation sites (tertiary alicyclic amines) is 1. The van der Waals surface area contributed by atoms with E-state index in [9.17, 15) is 19.2 Å². The molecule has 3 aliphatic heterocycles. The lowest BCUT2D eigenvalue weighted by atomic mass is 9.98. The first kappa shape index (κ1) is 22.1. The van der Waals surface area contributed by atoms with Crippen LogP contribution in [0.2, 0.25) is 0 Å². The minimum absolute atomic E-state index is 0.0383. The van der Waals surface area contributed by atoms with Crippen molar-refractivity contribution >= 4 is 29.3 Å². The summed E-state index contributed by atoms with van der Waals surface area (Å²) < 4.78 is 0. The predicted octanol–water partition coefficient (Wildman–Crippen LogP) is 1.80. The van der Waals surface area contributed by atoms with Gasteiger partial charge in [0.05, 0.1) is 11.3 Å². The van der Waals surface area contributed by atoms with Gasteiger partial charge in [-0.25, -0.2) is 0 Å². The van der Waals surface area contributed by atoms with Crippen LogP contribution in [-0.2, 0) is 9.59 Å². The fraction of sp³-hybridized carbons (Fsp3) is 0.400. The molecule has 0 bridgehead atoms. The SMILES string of the molecule is CC12CCC(=O)N1c1ccccc1C(=O)N2CC(=O)NC1CCN(C(=O)c2ccncc2)CC1. The molecule has 3 aliphatic rings. The van der Waals surface area contributed by atoms with E-state index in [1.54, 1.807) is 52.5 Å². The van der Waals surface area contributed by atoms with E-state index in [0.29, 0.717) is 55.6 Å². The topological polar surface area (TPSA) is 103 Å². The van der Waals surface area contributed by atoms with Crippen LogP contribution in [-0.4, -0.2) is 69.8 Å². The molecule has 4 amide bonds. The summed E-state index contributed by atoms with van der Waals surface area (Å²) in [7, 11) is 0. The highest BCUT2D eigenvalue weighted by Gasteiger charge is 2.53. The normalized spacial score (nSPS) is 22.4. The molecule has 1 aromatic carbocycles. The molecule has 0 aliphatic carbocycles. The maximum atomic E-state index is 13.3. The Morgan fingerprint density at radius 3 is 2.53 bits per heavy atom. The number of pyridine rings is 1. The van der Waals surface area contributed by atoms with Gasteiger partial charge < -0.3 is 15.1 Å². The molecule has 2 fully saturated rings. The van der Waals surface area contributed by atoms with E-state index < -0.39 is 5.66 Å². The summed E-state index contributed by atoms with van der Waals surface area (Å²) in [6.45, 7) is 2.82. The van der Waals surface area contributed by atoms with E-state index in [2.05, 4.69) is 10.3 Å². The molecule has 9 heteroatoms. The zero-order valence-electron chi connectivity index (χ0n) is 19.1. The number of rotatable bonds is 4. The van der Waals surface area contributed by atoms with E-state index in [4.69, 9.17) is 0 Å². The molecular weight excluding hydrogens is 434 g/mol. The van der Waals surface area contributed by atoms with Crippen molar-refractivity contribution in [1.29, 1.82) is 0 Å². The molecule has 5 rings (SSSR count). The predicted molar refractivity (Wildman–Crippen MR) is 124 cm³/mol. The summed E-state index contributed by atoms with van der Waals surface area (Å²) in [4.78, 5) is 60.5. The van der Waals surface area contributed by atoms with Gasteiger partial charge in [-0.3, -0.25) is 29.1 Å². The van der Waals surface area contributed by atoms with Crippen molar-refractivity contribution < 1.29 is 19.2 Å². The molecule has 9 nitrogen and oxygen atoms in total. The van der Waals surface area contributed by atoms with Gasteiger partial charge in [-0.15, -0.1) is 0 Å². The smallest absolute Gasteiger partial charge is 0.258 e. The summed E-state index contributed by atoms with van der Waals surface area (Å²) in [5.74, 6) is -0.577. The lowest BCUT2D eigenvalue weighted by Gasteiger charge is -2.48. The van der Waals surface area contributed by atoms with E-state index in [1.165, 1.54) is 4.90 Å². The second-order valence-electron chi connectivity index (χ2n) is 9.22. The van der Waals surface area contributed by atoms with Crippen molar-refractivity contribution in [3.8, 4) is 0 Å². The average Bonchev–Trinajstić information content (AvgIpc) is 3.17. The fourth-order valence-corrected chi connectivity index (χ4v) is 5.26. The largest absolute Gasteiger partial charge is 0.352 e. The summed E-state index contributed by atoms with van der Waals surface area (Å²) >= 11 is 0. The molecule has 0 spiro atoms. The number of aromatic nitrogens is 1. The molecule has 0 saturated carbocycles. The maximum Gasteiger partial charge on any atom is 0.258 e.